The summed E-state index contributed by atoms with van der Waals surface area (Å²) in [5.74, 6) is 0.0797. The molecule has 0 spiro atoms. The molecular weight excluding hydrogens is 400 g/mol. The number of pyridine rings is 2. The predicted octanol–water partition coefficient (Wildman–Crippen LogP) is 6.80. The molecule has 33 heavy (non-hydrogen) atoms. The summed E-state index contributed by atoms with van der Waals surface area (Å²) in [7, 11) is 0. The maximum atomic E-state index is 5.27. The summed E-state index contributed by atoms with van der Waals surface area (Å²) < 4.78 is 0. The van der Waals surface area contributed by atoms with E-state index in [-0.39, 0.29) is 5.92 Å². The molecular formula is C31H22N2. The second-order valence-electron chi connectivity index (χ2n) is 8.99. The SMILES string of the molecule is c1ccc(-c2ccc3c(n2)C2c4nc(-c5ccccc5)ccc4Cc4cccc(c42)C3)cc1. The third kappa shape index (κ3) is 2.95. The second-order valence-corrected chi connectivity index (χ2v) is 8.99. The fourth-order valence-corrected chi connectivity index (χ4v) is 5.50. The highest BCUT2D eigenvalue weighted by atomic mass is 14.8. The number of benzene rings is 3. The van der Waals surface area contributed by atoms with E-state index in [1.165, 1.54) is 27.8 Å². The van der Waals surface area contributed by atoms with Gasteiger partial charge in [-0.1, -0.05) is 91.0 Å². The summed E-state index contributed by atoms with van der Waals surface area (Å²) in [6.07, 6.45) is 1.87. The number of hydrogen-bond donors (Lipinski definition) is 0. The number of rotatable bonds is 2. The van der Waals surface area contributed by atoms with Crippen molar-refractivity contribution in [3.63, 3.8) is 0 Å². The molecule has 2 aromatic heterocycles. The van der Waals surface area contributed by atoms with Gasteiger partial charge in [-0.3, -0.25) is 9.97 Å². The van der Waals surface area contributed by atoms with Crippen LogP contribution in [0.2, 0.25) is 0 Å². The summed E-state index contributed by atoms with van der Waals surface area (Å²) in [5.41, 5.74) is 13.6. The Morgan fingerprint density at radius 1 is 0.455 bits per heavy atom. The second kappa shape index (κ2) is 7.25. The van der Waals surface area contributed by atoms with Crippen LogP contribution < -0.4 is 0 Å². The van der Waals surface area contributed by atoms with Crippen LogP contribution in [0.3, 0.4) is 0 Å². The third-order valence-corrected chi connectivity index (χ3v) is 7.05. The zero-order valence-electron chi connectivity index (χ0n) is 18.2. The minimum Gasteiger partial charge on any atom is -0.251 e. The van der Waals surface area contributed by atoms with Gasteiger partial charge < -0.3 is 0 Å². The van der Waals surface area contributed by atoms with Crippen molar-refractivity contribution in [2.45, 2.75) is 18.8 Å². The molecule has 0 fully saturated rings. The van der Waals surface area contributed by atoms with Crippen LogP contribution in [0.15, 0.2) is 103 Å². The zero-order valence-corrected chi connectivity index (χ0v) is 18.2. The van der Waals surface area contributed by atoms with Crippen molar-refractivity contribution in [3.05, 3.63) is 142 Å². The molecule has 2 heteroatoms. The third-order valence-electron chi connectivity index (χ3n) is 7.05. The molecule has 0 N–H and O–H groups in total. The summed E-state index contributed by atoms with van der Waals surface area (Å²) in [4.78, 5) is 10.5. The lowest BCUT2D eigenvalue weighted by Gasteiger charge is -2.34. The standard InChI is InChI=1S/C31H22N2/c1-3-8-20(9-4-1)26-16-14-24-18-22-12-7-13-23-19-25-15-17-27(21-10-5-2-6-11-21)33-31(25)29(28(22)23)30(24)32-26/h1-17,29H,18-19H2. The van der Waals surface area contributed by atoms with Crippen molar-refractivity contribution >= 4 is 0 Å². The molecule has 5 aromatic rings. The first-order valence-electron chi connectivity index (χ1n) is 11.6. The molecule has 2 heterocycles. The quantitative estimate of drug-likeness (QED) is 0.306. The lowest BCUT2D eigenvalue weighted by atomic mass is 9.71. The Bertz CT molecular complexity index is 1390. The summed E-state index contributed by atoms with van der Waals surface area (Å²) in [5, 5.41) is 0. The van der Waals surface area contributed by atoms with Crippen LogP contribution in [-0.4, -0.2) is 9.97 Å². The molecule has 3 aromatic carbocycles. The van der Waals surface area contributed by atoms with Gasteiger partial charge in [-0.2, -0.15) is 0 Å². The van der Waals surface area contributed by atoms with E-state index in [4.69, 9.17) is 9.97 Å². The van der Waals surface area contributed by atoms with E-state index in [0.29, 0.717) is 0 Å². The lowest BCUT2D eigenvalue weighted by Crippen LogP contribution is -2.24. The smallest absolute Gasteiger partial charge is 0.0705 e. The molecule has 0 aliphatic heterocycles. The molecule has 7 rings (SSSR count). The van der Waals surface area contributed by atoms with Gasteiger partial charge in [0.05, 0.1) is 28.7 Å². The number of nitrogens with zero attached hydrogens (tertiary/aromatic N) is 2. The van der Waals surface area contributed by atoms with Crippen LogP contribution in [0.4, 0.5) is 0 Å². The van der Waals surface area contributed by atoms with Gasteiger partial charge in [0, 0.05) is 11.1 Å². The molecule has 2 aliphatic rings. The van der Waals surface area contributed by atoms with E-state index in [2.05, 4.69) is 103 Å². The largest absolute Gasteiger partial charge is 0.251 e. The summed E-state index contributed by atoms with van der Waals surface area (Å²) in [6.45, 7) is 0. The molecule has 0 saturated carbocycles. The lowest BCUT2D eigenvalue weighted by molar-refractivity contribution is 0.766. The van der Waals surface area contributed by atoms with Gasteiger partial charge in [-0.05, 0) is 52.8 Å². The van der Waals surface area contributed by atoms with E-state index in [9.17, 15) is 0 Å². The molecule has 0 unspecified atom stereocenters. The molecule has 0 radical (unpaired) electrons. The van der Waals surface area contributed by atoms with Gasteiger partial charge in [0.1, 0.15) is 0 Å². The fourth-order valence-electron chi connectivity index (χ4n) is 5.50. The maximum Gasteiger partial charge on any atom is 0.0705 e. The Balaban J connectivity index is 1.46. The summed E-state index contributed by atoms with van der Waals surface area (Å²) >= 11 is 0. The van der Waals surface area contributed by atoms with Gasteiger partial charge in [0.15, 0.2) is 0 Å². The highest BCUT2D eigenvalue weighted by molar-refractivity contribution is 5.66. The molecule has 0 saturated heterocycles. The molecule has 0 bridgehead atoms. The van der Waals surface area contributed by atoms with Crippen LogP contribution in [-0.2, 0) is 12.8 Å². The Morgan fingerprint density at radius 2 is 0.939 bits per heavy atom. The van der Waals surface area contributed by atoms with Crippen LogP contribution in [0.5, 0.6) is 0 Å². The summed E-state index contributed by atoms with van der Waals surface area (Å²) in [6, 6.07) is 36.6. The van der Waals surface area contributed by atoms with Crippen LogP contribution in [0.1, 0.15) is 45.1 Å². The van der Waals surface area contributed by atoms with E-state index in [1.807, 2.05) is 0 Å². The van der Waals surface area contributed by atoms with Crippen molar-refractivity contribution < 1.29 is 0 Å². The van der Waals surface area contributed by atoms with Gasteiger partial charge >= 0.3 is 0 Å². The van der Waals surface area contributed by atoms with Crippen molar-refractivity contribution in [1.29, 1.82) is 0 Å². The monoisotopic (exact) mass is 422 g/mol. The average molecular weight is 423 g/mol. The van der Waals surface area contributed by atoms with E-state index in [0.717, 1.165) is 46.7 Å². The fraction of sp³-hybridized carbons (Fsp3) is 0.0968. The van der Waals surface area contributed by atoms with Gasteiger partial charge in [0.2, 0.25) is 0 Å². The predicted molar refractivity (Wildman–Crippen MR) is 132 cm³/mol. The van der Waals surface area contributed by atoms with Gasteiger partial charge in [-0.25, -0.2) is 0 Å². The van der Waals surface area contributed by atoms with Crippen molar-refractivity contribution in [1.82, 2.24) is 9.97 Å². The van der Waals surface area contributed by atoms with Crippen LogP contribution >= 0.6 is 0 Å². The van der Waals surface area contributed by atoms with Gasteiger partial charge in [-0.15, -0.1) is 0 Å². The normalized spacial score (nSPS) is 13.7. The van der Waals surface area contributed by atoms with Crippen LogP contribution in [0, 0.1) is 0 Å². The Kier molecular flexibility index (Phi) is 4.07. The van der Waals surface area contributed by atoms with Gasteiger partial charge in [0.25, 0.3) is 0 Å². The first-order valence-corrected chi connectivity index (χ1v) is 11.6. The molecule has 0 amide bonds. The molecule has 2 nitrogen and oxygen atoms in total. The average Bonchev–Trinajstić information content (AvgIpc) is 2.89. The minimum absolute atomic E-state index is 0.0797. The zero-order chi connectivity index (χ0) is 21.8. The first-order chi connectivity index (χ1) is 16.3. The highest BCUT2D eigenvalue weighted by Crippen LogP contribution is 2.46. The number of aromatic nitrogens is 2. The van der Waals surface area contributed by atoms with Crippen LogP contribution in [0.25, 0.3) is 22.5 Å². The van der Waals surface area contributed by atoms with Crippen molar-refractivity contribution in [3.8, 4) is 22.5 Å². The minimum atomic E-state index is 0.0797. The Labute approximate surface area is 193 Å². The topological polar surface area (TPSA) is 25.8 Å². The van der Waals surface area contributed by atoms with E-state index < -0.39 is 0 Å². The molecule has 2 aliphatic carbocycles. The first kappa shape index (κ1) is 18.5. The number of hydrogen-bond acceptors (Lipinski definition) is 2. The Morgan fingerprint density at radius 3 is 1.42 bits per heavy atom. The highest BCUT2D eigenvalue weighted by Gasteiger charge is 2.36. The molecule has 0 atom stereocenters. The van der Waals surface area contributed by atoms with E-state index in [1.54, 1.807) is 0 Å². The van der Waals surface area contributed by atoms with E-state index >= 15 is 0 Å². The van der Waals surface area contributed by atoms with Crippen molar-refractivity contribution in [2.24, 2.45) is 0 Å². The number of fused-ring (bicyclic) bond motifs is 4. The Hall–Kier alpha value is -4.04. The van der Waals surface area contributed by atoms with Crippen molar-refractivity contribution in [2.75, 3.05) is 0 Å². The maximum absolute atomic E-state index is 5.27. The molecule has 156 valence electrons.